The molecule has 1 fully saturated rings. The van der Waals surface area contributed by atoms with Crippen molar-refractivity contribution in [3.8, 4) is 0 Å². The zero-order valence-corrected chi connectivity index (χ0v) is 16.8. The summed E-state index contributed by atoms with van der Waals surface area (Å²) in [5, 5.41) is 0. The highest BCUT2D eigenvalue weighted by molar-refractivity contribution is 7.89. The smallest absolute Gasteiger partial charge is 0.336 e. The maximum atomic E-state index is 12.9. The average molecular weight is 426 g/mol. The standard InChI is InChI=1S/C20H21F3N2O3S/c1-14-6-7-15(2)18(12-14)19(26)24-8-10-25(11-9-24)29(27,28)17-5-3-4-16(13-17)20(21,22)23/h3-7,12-13H,8-11H2,1-2H3. The van der Waals surface area contributed by atoms with Crippen molar-refractivity contribution >= 4 is 15.9 Å². The molecule has 0 saturated carbocycles. The van der Waals surface area contributed by atoms with Crippen LogP contribution >= 0.6 is 0 Å². The summed E-state index contributed by atoms with van der Waals surface area (Å²) in [6.07, 6.45) is -4.62. The number of carbonyl (C=O) groups excluding carboxylic acids is 1. The minimum absolute atomic E-state index is 0.0230. The number of amides is 1. The lowest BCUT2D eigenvalue weighted by molar-refractivity contribution is -0.137. The van der Waals surface area contributed by atoms with Crippen LogP contribution in [0.4, 0.5) is 13.2 Å². The second kappa shape index (κ2) is 7.79. The van der Waals surface area contributed by atoms with E-state index in [2.05, 4.69) is 0 Å². The van der Waals surface area contributed by atoms with Gasteiger partial charge < -0.3 is 4.90 Å². The summed E-state index contributed by atoms with van der Waals surface area (Å²) in [7, 11) is -4.08. The van der Waals surface area contributed by atoms with Crippen molar-refractivity contribution in [2.45, 2.75) is 24.9 Å². The lowest BCUT2D eigenvalue weighted by Crippen LogP contribution is -2.50. The number of hydrogen-bond acceptors (Lipinski definition) is 3. The van der Waals surface area contributed by atoms with Crippen LogP contribution < -0.4 is 0 Å². The van der Waals surface area contributed by atoms with Crippen LogP contribution in [0.2, 0.25) is 0 Å². The molecule has 0 radical (unpaired) electrons. The summed E-state index contributed by atoms with van der Waals surface area (Å²) in [6.45, 7) is 4.11. The van der Waals surface area contributed by atoms with Gasteiger partial charge in [-0.05, 0) is 43.7 Å². The van der Waals surface area contributed by atoms with Crippen molar-refractivity contribution in [2.24, 2.45) is 0 Å². The van der Waals surface area contributed by atoms with Gasteiger partial charge in [0.25, 0.3) is 5.91 Å². The monoisotopic (exact) mass is 426 g/mol. The minimum Gasteiger partial charge on any atom is -0.336 e. The molecule has 2 aromatic rings. The third kappa shape index (κ3) is 4.45. The molecular weight excluding hydrogens is 405 g/mol. The zero-order valence-electron chi connectivity index (χ0n) is 16.0. The Morgan fingerprint density at radius 1 is 0.966 bits per heavy atom. The molecule has 1 aliphatic rings. The molecular formula is C20H21F3N2O3S. The van der Waals surface area contributed by atoms with Gasteiger partial charge in [0.2, 0.25) is 10.0 Å². The Labute approximate surface area is 167 Å². The molecule has 2 aromatic carbocycles. The number of halogens is 3. The Morgan fingerprint density at radius 2 is 1.62 bits per heavy atom. The molecule has 5 nitrogen and oxygen atoms in total. The first kappa shape index (κ1) is 21.3. The van der Waals surface area contributed by atoms with Crippen molar-refractivity contribution in [1.29, 1.82) is 0 Å². The molecule has 29 heavy (non-hydrogen) atoms. The van der Waals surface area contributed by atoms with Crippen LogP contribution in [0, 0.1) is 13.8 Å². The number of carbonyl (C=O) groups is 1. The first-order chi connectivity index (χ1) is 13.5. The largest absolute Gasteiger partial charge is 0.416 e. The summed E-state index contributed by atoms with van der Waals surface area (Å²) in [5.41, 5.74) is 1.34. The second-order valence-electron chi connectivity index (χ2n) is 7.04. The molecule has 0 aromatic heterocycles. The van der Waals surface area contributed by atoms with E-state index in [4.69, 9.17) is 0 Å². The fourth-order valence-corrected chi connectivity index (χ4v) is 4.72. The van der Waals surface area contributed by atoms with E-state index < -0.39 is 26.7 Å². The number of nitrogens with zero attached hydrogens (tertiary/aromatic N) is 2. The van der Waals surface area contributed by atoms with Crippen LogP contribution in [0.3, 0.4) is 0 Å². The van der Waals surface area contributed by atoms with Gasteiger partial charge in [0.1, 0.15) is 0 Å². The molecule has 0 bridgehead atoms. The Kier molecular flexibility index (Phi) is 5.73. The van der Waals surface area contributed by atoms with Crippen LogP contribution in [0.15, 0.2) is 47.4 Å². The van der Waals surface area contributed by atoms with Gasteiger partial charge in [0.05, 0.1) is 10.5 Å². The maximum absolute atomic E-state index is 12.9. The van der Waals surface area contributed by atoms with E-state index in [1.165, 1.54) is 0 Å². The first-order valence-electron chi connectivity index (χ1n) is 9.04. The van der Waals surface area contributed by atoms with E-state index in [0.717, 1.165) is 33.6 Å². The van der Waals surface area contributed by atoms with Gasteiger partial charge in [-0.2, -0.15) is 17.5 Å². The number of benzene rings is 2. The zero-order chi connectivity index (χ0) is 21.4. The molecule has 0 spiro atoms. The predicted molar refractivity (Wildman–Crippen MR) is 102 cm³/mol. The molecule has 3 rings (SSSR count). The van der Waals surface area contributed by atoms with Crippen molar-refractivity contribution in [2.75, 3.05) is 26.2 Å². The number of alkyl halides is 3. The van der Waals surface area contributed by atoms with Gasteiger partial charge in [-0.3, -0.25) is 4.79 Å². The van der Waals surface area contributed by atoms with Gasteiger partial charge in [0.15, 0.2) is 0 Å². The first-order valence-corrected chi connectivity index (χ1v) is 10.5. The lowest BCUT2D eigenvalue weighted by Gasteiger charge is -2.34. The topological polar surface area (TPSA) is 57.7 Å². The molecule has 0 unspecified atom stereocenters. The van der Waals surface area contributed by atoms with Crippen LogP contribution in [0.1, 0.15) is 27.0 Å². The number of aryl methyl sites for hydroxylation is 2. The van der Waals surface area contributed by atoms with Gasteiger partial charge in [-0.15, -0.1) is 0 Å². The summed E-state index contributed by atoms with van der Waals surface area (Å²) in [4.78, 5) is 14.0. The molecule has 0 atom stereocenters. The molecule has 1 saturated heterocycles. The lowest BCUT2D eigenvalue weighted by atomic mass is 10.0. The molecule has 0 N–H and O–H groups in total. The Hall–Kier alpha value is -2.39. The highest BCUT2D eigenvalue weighted by Gasteiger charge is 2.34. The van der Waals surface area contributed by atoms with E-state index in [0.29, 0.717) is 11.6 Å². The van der Waals surface area contributed by atoms with Crippen molar-refractivity contribution in [3.05, 3.63) is 64.7 Å². The molecule has 1 aliphatic heterocycles. The highest BCUT2D eigenvalue weighted by atomic mass is 32.2. The Morgan fingerprint density at radius 3 is 2.24 bits per heavy atom. The molecule has 0 aliphatic carbocycles. The van der Waals surface area contributed by atoms with Crippen LogP contribution in [0.25, 0.3) is 0 Å². The van der Waals surface area contributed by atoms with Crippen molar-refractivity contribution in [3.63, 3.8) is 0 Å². The normalized spacial score (nSPS) is 16.1. The van der Waals surface area contributed by atoms with Crippen LogP contribution in [-0.2, 0) is 16.2 Å². The van der Waals surface area contributed by atoms with Gasteiger partial charge in [-0.1, -0.05) is 23.8 Å². The number of hydrogen-bond donors (Lipinski definition) is 0. The van der Waals surface area contributed by atoms with Gasteiger partial charge >= 0.3 is 6.18 Å². The summed E-state index contributed by atoms with van der Waals surface area (Å²) < 4.78 is 65.4. The third-order valence-electron chi connectivity index (χ3n) is 4.95. The number of rotatable bonds is 3. The molecule has 1 heterocycles. The average Bonchev–Trinajstić information content (AvgIpc) is 2.69. The molecule has 9 heteroatoms. The maximum Gasteiger partial charge on any atom is 0.416 e. The minimum atomic E-state index is -4.62. The van der Waals surface area contributed by atoms with E-state index in [1.807, 2.05) is 26.0 Å². The van der Waals surface area contributed by atoms with Crippen LogP contribution in [0.5, 0.6) is 0 Å². The quantitative estimate of drug-likeness (QED) is 0.755. The van der Waals surface area contributed by atoms with Crippen molar-refractivity contribution < 1.29 is 26.4 Å². The second-order valence-corrected chi connectivity index (χ2v) is 8.98. The third-order valence-corrected chi connectivity index (χ3v) is 6.84. The summed E-state index contributed by atoms with van der Waals surface area (Å²) >= 11 is 0. The predicted octanol–water partition coefficient (Wildman–Crippen LogP) is 3.47. The van der Waals surface area contributed by atoms with Gasteiger partial charge in [-0.25, -0.2) is 8.42 Å². The van der Waals surface area contributed by atoms with Crippen molar-refractivity contribution in [1.82, 2.24) is 9.21 Å². The number of sulfonamides is 1. The summed E-state index contributed by atoms with van der Waals surface area (Å²) in [5.74, 6) is -0.178. The molecule has 1 amide bonds. The van der Waals surface area contributed by atoms with Crippen LogP contribution in [-0.4, -0.2) is 49.7 Å². The summed E-state index contributed by atoms with van der Waals surface area (Å²) in [6, 6.07) is 9.27. The van der Waals surface area contributed by atoms with E-state index in [-0.39, 0.29) is 32.1 Å². The van der Waals surface area contributed by atoms with E-state index >= 15 is 0 Å². The number of piperazine rings is 1. The van der Waals surface area contributed by atoms with E-state index in [9.17, 15) is 26.4 Å². The Balaban J connectivity index is 1.75. The molecule has 156 valence electrons. The highest BCUT2D eigenvalue weighted by Crippen LogP contribution is 2.31. The fraction of sp³-hybridized carbons (Fsp3) is 0.350. The SMILES string of the molecule is Cc1ccc(C)c(C(=O)N2CCN(S(=O)(=O)c3cccc(C(F)(F)F)c3)CC2)c1. The Bertz CT molecular complexity index is 1030. The fourth-order valence-electron chi connectivity index (χ4n) is 3.25. The van der Waals surface area contributed by atoms with E-state index in [1.54, 1.807) is 11.0 Å². The van der Waals surface area contributed by atoms with Gasteiger partial charge in [0, 0.05) is 31.7 Å².